The molecule has 110 valence electrons. The van der Waals surface area contributed by atoms with Crippen molar-refractivity contribution < 1.29 is 17.5 Å². The smallest absolute Gasteiger partial charge is 0.124 e. The molecule has 0 saturated heterocycles. The van der Waals surface area contributed by atoms with Gasteiger partial charge in [-0.25, -0.2) is 8.42 Å². The molecule has 2 rings (SSSR count). The molecule has 1 aliphatic heterocycles. The van der Waals surface area contributed by atoms with Gasteiger partial charge in [0.25, 0.3) is 0 Å². The Kier molecular flexibility index (Phi) is 6.24. The number of benzene rings is 1. The molecule has 0 saturated carbocycles. The summed E-state index contributed by atoms with van der Waals surface area (Å²) < 4.78 is 37.2. The van der Waals surface area contributed by atoms with Crippen LogP contribution >= 0.6 is 0 Å². The summed E-state index contributed by atoms with van der Waals surface area (Å²) in [5.74, 6) is 0. The summed E-state index contributed by atoms with van der Waals surface area (Å²) in [7, 11) is 2.06. The Hall–Kier alpha value is -0.842. The van der Waals surface area contributed by atoms with E-state index in [1.54, 1.807) is 12.1 Å². The predicted octanol–water partition coefficient (Wildman–Crippen LogP) is 0.367. The molecular formula is C13H19N2O3SSb. The first kappa shape index (κ1) is 17.2. The minimum Gasteiger partial charge on any atom is -0.744 e. The van der Waals surface area contributed by atoms with Gasteiger partial charge in [-0.15, -0.1) is 0 Å². The molecule has 0 aliphatic carbocycles. The van der Waals surface area contributed by atoms with Gasteiger partial charge >= 0.3 is 66.2 Å². The van der Waals surface area contributed by atoms with Crippen molar-refractivity contribution in [1.29, 1.82) is 0 Å². The minimum absolute atomic E-state index is 0.178. The molecule has 1 aromatic rings. The van der Waals surface area contributed by atoms with Crippen LogP contribution in [0.4, 0.5) is 0 Å². The summed E-state index contributed by atoms with van der Waals surface area (Å²) in [6.45, 7) is 1.82. The first-order valence-electron chi connectivity index (χ1n) is 5.94. The molecule has 0 spiro atoms. The molecule has 1 heterocycles. The van der Waals surface area contributed by atoms with Crippen molar-refractivity contribution in [1.82, 2.24) is 4.90 Å². The van der Waals surface area contributed by atoms with Gasteiger partial charge in [0.1, 0.15) is 10.1 Å². The standard InChI is InChI=1S/C7H8O3S.C6H11N2.Sb.H/c1-6-2-4-7(5-3-6)11(8,9)10;1-5-8(4)6-7(2)3;;/h2-5H,1H3,(H,8,9,10);1,5H,2-4H3;;/q;+1;;/p-1. The second-order valence-corrected chi connectivity index (χ2v) is 8.99. The maximum Gasteiger partial charge on any atom is 0.124 e. The van der Waals surface area contributed by atoms with Crippen LogP contribution in [0, 0.1) is 6.92 Å². The van der Waals surface area contributed by atoms with Gasteiger partial charge < -0.3 is 4.55 Å². The maximum absolute atomic E-state index is 10.4. The maximum atomic E-state index is 10.4. The van der Waals surface area contributed by atoms with Crippen LogP contribution in [0.15, 0.2) is 39.4 Å². The molecule has 5 nitrogen and oxygen atoms in total. The van der Waals surface area contributed by atoms with E-state index in [1.807, 2.05) is 6.92 Å². The van der Waals surface area contributed by atoms with Crippen LogP contribution in [0.5, 0.6) is 0 Å². The Labute approximate surface area is 130 Å². The predicted molar refractivity (Wildman–Crippen MR) is 80.3 cm³/mol. The normalized spacial score (nSPS) is 14.1. The van der Waals surface area contributed by atoms with E-state index in [0.29, 0.717) is 0 Å². The van der Waals surface area contributed by atoms with Crippen LogP contribution in [0.3, 0.4) is 0 Å². The van der Waals surface area contributed by atoms with Gasteiger partial charge in [-0.2, -0.15) is 0 Å². The van der Waals surface area contributed by atoms with E-state index in [9.17, 15) is 13.0 Å². The molecular weight excluding hydrogens is 386 g/mol. The third-order valence-corrected chi connectivity index (χ3v) is 7.35. The fraction of sp³-hybridized carbons (Fsp3) is 0.308. The molecule has 1 aromatic carbocycles. The molecule has 0 atom stereocenters. The van der Waals surface area contributed by atoms with Crippen LogP contribution < -0.4 is 0 Å². The van der Waals surface area contributed by atoms with Crippen molar-refractivity contribution in [2.24, 2.45) is 0 Å². The molecule has 0 unspecified atom stereocenters. The quantitative estimate of drug-likeness (QED) is 0.385. The van der Waals surface area contributed by atoms with Gasteiger partial charge in [-0.3, -0.25) is 0 Å². The molecule has 0 N–H and O–H groups in total. The van der Waals surface area contributed by atoms with Crippen LogP contribution in [-0.4, -0.2) is 69.0 Å². The SMILES string of the molecule is CN(C)[C]1=[N+](C)C=[CH][SbH]1.Cc1ccc(S(=O)(=O)[O-])cc1. The first-order valence-corrected chi connectivity index (χ1v) is 10.4. The average molecular weight is 405 g/mol. The molecule has 20 heavy (non-hydrogen) atoms. The molecule has 0 fully saturated rings. The summed E-state index contributed by atoms with van der Waals surface area (Å²) in [4.78, 5) is 2.04. The first-order chi connectivity index (χ1) is 9.21. The van der Waals surface area contributed by atoms with E-state index in [2.05, 4.69) is 40.8 Å². The van der Waals surface area contributed by atoms with Crippen molar-refractivity contribution in [2.75, 3.05) is 21.1 Å². The Morgan fingerprint density at radius 3 is 2.05 bits per heavy atom. The Balaban J connectivity index is 0.000000204. The van der Waals surface area contributed by atoms with Crippen LogP contribution in [0.25, 0.3) is 0 Å². The number of aryl methyl sites for hydroxylation is 1. The zero-order valence-electron chi connectivity index (χ0n) is 12.0. The van der Waals surface area contributed by atoms with Crippen molar-refractivity contribution in [3.8, 4) is 0 Å². The average Bonchev–Trinajstić information content (AvgIpc) is 2.76. The topological polar surface area (TPSA) is 63.5 Å². The molecule has 0 aromatic heterocycles. The molecule has 7 heteroatoms. The molecule has 0 radical (unpaired) electrons. The summed E-state index contributed by atoms with van der Waals surface area (Å²) in [5, 5.41) is 0. The zero-order chi connectivity index (χ0) is 15.3. The van der Waals surface area contributed by atoms with Crippen molar-refractivity contribution in [3.63, 3.8) is 0 Å². The molecule has 0 bridgehead atoms. The number of hydrogen-bond acceptors (Lipinski definition) is 4. The van der Waals surface area contributed by atoms with Crippen molar-refractivity contribution in [2.45, 2.75) is 11.8 Å². The van der Waals surface area contributed by atoms with E-state index in [0.717, 1.165) is 5.56 Å². The van der Waals surface area contributed by atoms with E-state index in [1.165, 1.54) is 15.9 Å². The van der Waals surface area contributed by atoms with E-state index < -0.39 is 10.1 Å². The monoisotopic (exact) mass is 404 g/mol. The van der Waals surface area contributed by atoms with Crippen LogP contribution in [0.2, 0.25) is 0 Å². The number of nitrogens with zero attached hydrogens (tertiary/aromatic N) is 2. The Bertz CT molecular complexity index is 620. The van der Waals surface area contributed by atoms with E-state index in [4.69, 9.17) is 0 Å². The van der Waals surface area contributed by atoms with Crippen LogP contribution in [0.1, 0.15) is 5.56 Å². The third-order valence-electron chi connectivity index (χ3n) is 2.58. The summed E-state index contributed by atoms with van der Waals surface area (Å²) in [6, 6.07) is 5.78. The fourth-order valence-electron chi connectivity index (χ4n) is 1.55. The van der Waals surface area contributed by atoms with Crippen molar-refractivity contribution >= 4 is 35.5 Å². The summed E-state index contributed by atoms with van der Waals surface area (Å²) in [5.41, 5.74) is 0.928. The van der Waals surface area contributed by atoms with Gasteiger partial charge in [-0.05, 0) is 19.1 Å². The van der Waals surface area contributed by atoms with Gasteiger partial charge in [0, 0.05) is 0 Å². The second kappa shape index (κ2) is 7.25. The van der Waals surface area contributed by atoms with Gasteiger partial charge in [0.2, 0.25) is 0 Å². The van der Waals surface area contributed by atoms with Gasteiger partial charge in [-0.1, -0.05) is 17.7 Å². The summed E-state index contributed by atoms with van der Waals surface area (Å²) in [6.07, 6.45) is 2.17. The third kappa shape index (κ3) is 5.27. The Morgan fingerprint density at radius 2 is 1.75 bits per heavy atom. The fourth-order valence-corrected chi connectivity index (χ4v) is 4.82. The van der Waals surface area contributed by atoms with Crippen LogP contribution in [-0.2, 0) is 10.1 Å². The van der Waals surface area contributed by atoms with E-state index in [-0.39, 0.29) is 26.5 Å². The summed E-state index contributed by atoms with van der Waals surface area (Å²) >= 11 is -0.301. The number of rotatable bonds is 1. The van der Waals surface area contributed by atoms with Crippen molar-refractivity contribution in [3.05, 3.63) is 40.1 Å². The largest absolute Gasteiger partial charge is 0.744 e. The molecule has 1 aliphatic rings. The molecule has 0 amide bonds. The zero-order valence-corrected chi connectivity index (χ0v) is 15.7. The van der Waals surface area contributed by atoms with E-state index >= 15 is 0 Å². The number of hydrogen-bond donors (Lipinski definition) is 0. The van der Waals surface area contributed by atoms with Gasteiger partial charge in [0.15, 0.2) is 0 Å². The second-order valence-electron chi connectivity index (χ2n) is 4.56. The Morgan fingerprint density at radius 1 is 1.20 bits per heavy atom. The van der Waals surface area contributed by atoms with Gasteiger partial charge in [0.05, 0.1) is 4.90 Å². The minimum atomic E-state index is -4.27. The number of amidine groups is 1.